The quantitative estimate of drug-likeness (QED) is 0.725. The number of nitroso groups, excluding NO2 is 1. The van der Waals surface area contributed by atoms with Crippen molar-refractivity contribution in [2.24, 2.45) is 5.18 Å². The van der Waals surface area contributed by atoms with Crippen molar-refractivity contribution in [1.29, 1.82) is 0 Å². The second-order valence-electron chi connectivity index (χ2n) is 3.35. The normalized spacial score (nSPS) is 9.75. The Balaban J connectivity index is 2.08. The lowest BCUT2D eigenvalue weighted by molar-refractivity contribution is 0.482. The zero-order valence-electron chi connectivity index (χ0n) is 8.67. The van der Waals surface area contributed by atoms with Crippen molar-refractivity contribution in [3.05, 3.63) is 65.1 Å². The highest BCUT2D eigenvalue weighted by Crippen LogP contribution is 2.21. The van der Waals surface area contributed by atoms with E-state index in [1.165, 1.54) is 0 Å². The minimum atomic E-state index is 0.200. The zero-order valence-corrected chi connectivity index (χ0v) is 8.67. The van der Waals surface area contributed by atoms with Crippen LogP contribution in [0.5, 0.6) is 11.5 Å². The predicted octanol–water partition coefficient (Wildman–Crippen LogP) is 3.75. The summed E-state index contributed by atoms with van der Waals surface area (Å²) in [6, 6.07) is 16.9. The third kappa shape index (κ3) is 2.67. The molecule has 0 saturated heterocycles. The van der Waals surface area contributed by atoms with Gasteiger partial charge in [0.05, 0.1) is 0 Å². The molecule has 0 N–H and O–H groups in total. The molecule has 80 valence electrons. The molecule has 0 aliphatic carbocycles. The predicted molar refractivity (Wildman–Crippen MR) is 62.5 cm³/mol. The average molecular weight is 213 g/mol. The van der Waals surface area contributed by atoms with E-state index in [1.54, 1.807) is 0 Å². The first-order valence-corrected chi connectivity index (χ1v) is 4.99. The van der Waals surface area contributed by atoms with Gasteiger partial charge in [0.2, 0.25) is 0 Å². The molecule has 2 aromatic carbocycles. The summed E-state index contributed by atoms with van der Waals surface area (Å²) in [6.45, 7) is 0.200. The van der Waals surface area contributed by atoms with Crippen LogP contribution in [0.1, 0.15) is 5.56 Å². The van der Waals surface area contributed by atoms with Crippen molar-refractivity contribution in [2.75, 3.05) is 0 Å². The monoisotopic (exact) mass is 213 g/mol. The van der Waals surface area contributed by atoms with Crippen LogP contribution in [0.4, 0.5) is 0 Å². The molecule has 0 unspecified atom stereocenters. The van der Waals surface area contributed by atoms with Crippen LogP contribution in [-0.2, 0) is 6.54 Å². The summed E-state index contributed by atoms with van der Waals surface area (Å²) < 4.78 is 5.60. The highest BCUT2D eigenvalue weighted by Gasteiger charge is 1.97. The van der Waals surface area contributed by atoms with Gasteiger partial charge in [0, 0.05) is 0 Å². The number of para-hydroxylation sites is 1. The number of hydrogen-bond donors (Lipinski definition) is 0. The van der Waals surface area contributed by atoms with Crippen LogP contribution in [0.2, 0.25) is 0 Å². The van der Waals surface area contributed by atoms with Crippen molar-refractivity contribution in [3.63, 3.8) is 0 Å². The van der Waals surface area contributed by atoms with Gasteiger partial charge in [-0.25, -0.2) is 0 Å². The number of rotatable bonds is 4. The highest BCUT2D eigenvalue weighted by atomic mass is 16.5. The standard InChI is InChI=1S/C13H11NO2/c15-14-10-11-6-8-13(9-7-11)16-12-4-2-1-3-5-12/h1-9H,10H2. The maximum absolute atomic E-state index is 10.1. The molecule has 0 atom stereocenters. The van der Waals surface area contributed by atoms with Crippen molar-refractivity contribution >= 4 is 0 Å². The van der Waals surface area contributed by atoms with Gasteiger partial charge < -0.3 is 4.74 Å². The summed E-state index contributed by atoms with van der Waals surface area (Å²) in [5, 5.41) is 2.83. The molecule has 2 aromatic rings. The van der Waals surface area contributed by atoms with Crippen LogP contribution in [-0.4, -0.2) is 0 Å². The Hall–Kier alpha value is -2.16. The van der Waals surface area contributed by atoms with Crippen LogP contribution in [0.25, 0.3) is 0 Å². The maximum Gasteiger partial charge on any atom is 0.127 e. The zero-order chi connectivity index (χ0) is 11.2. The van der Waals surface area contributed by atoms with Gasteiger partial charge in [-0.05, 0) is 29.8 Å². The van der Waals surface area contributed by atoms with Gasteiger partial charge in [0.1, 0.15) is 18.0 Å². The fraction of sp³-hybridized carbons (Fsp3) is 0.0769. The molecule has 0 radical (unpaired) electrons. The summed E-state index contributed by atoms with van der Waals surface area (Å²) in [6.07, 6.45) is 0. The summed E-state index contributed by atoms with van der Waals surface area (Å²) >= 11 is 0. The minimum absolute atomic E-state index is 0.200. The molecule has 0 bridgehead atoms. The third-order valence-corrected chi connectivity index (χ3v) is 2.15. The SMILES string of the molecule is O=NCc1ccc(Oc2ccccc2)cc1. The van der Waals surface area contributed by atoms with E-state index in [-0.39, 0.29) is 6.54 Å². The summed E-state index contributed by atoms with van der Waals surface area (Å²) in [7, 11) is 0. The van der Waals surface area contributed by atoms with Crippen molar-refractivity contribution in [2.45, 2.75) is 6.54 Å². The second-order valence-corrected chi connectivity index (χ2v) is 3.35. The fourth-order valence-electron chi connectivity index (χ4n) is 1.36. The van der Waals surface area contributed by atoms with Gasteiger partial charge in [-0.3, -0.25) is 0 Å². The fourth-order valence-corrected chi connectivity index (χ4v) is 1.36. The first-order chi connectivity index (χ1) is 7.88. The van der Waals surface area contributed by atoms with Crippen molar-refractivity contribution in [3.8, 4) is 11.5 Å². The Morgan fingerprint density at radius 2 is 1.50 bits per heavy atom. The molecule has 2 rings (SSSR count). The van der Waals surface area contributed by atoms with Crippen LogP contribution in [0.15, 0.2) is 59.8 Å². The molecule has 0 heterocycles. The van der Waals surface area contributed by atoms with Crippen molar-refractivity contribution in [1.82, 2.24) is 0 Å². The van der Waals surface area contributed by atoms with Crippen LogP contribution in [0.3, 0.4) is 0 Å². The van der Waals surface area contributed by atoms with Crippen molar-refractivity contribution < 1.29 is 4.74 Å². The van der Waals surface area contributed by atoms with Crippen LogP contribution < -0.4 is 4.74 Å². The second kappa shape index (κ2) is 5.07. The molecule has 0 fully saturated rings. The smallest absolute Gasteiger partial charge is 0.127 e. The molecule has 0 saturated carbocycles. The first kappa shape index (κ1) is 10.4. The molecule has 3 nitrogen and oxygen atoms in total. The van der Waals surface area contributed by atoms with Gasteiger partial charge in [-0.15, -0.1) is 0 Å². The molecule has 0 aromatic heterocycles. The number of hydrogen-bond acceptors (Lipinski definition) is 3. The molecular weight excluding hydrogens is 202 g/mol. The molecule has 0 aliphatic rings. The van der Waals surface area contributed by atoms with Crippen LogP contribution in [0, 0.1) is 4.91 Å². The van der Waals surface area contributed by atoms with E-state index in [4.69, 9.17) is 4.74 Å². The van der Waals surface area contributed by atoms with Gasteiger partial charge in [0.25, 0.3) is 0 Å². The molecule has 16 heavy (non-hydrogen) atoms. The number of ether oxygens (including phenoxy) is 1. The summed E-state index contributed by atoms with van der Waals surface area (Å²) in [5.41, 5.74) is 0.885. The molecule has 3 heteroatoms. The first-order valence-electron chi connectivity index (χ1n) is 4.99. The summed E-state index contributed by atoms with van der Waals surface area (Å²) in [4.78, 5) is 10.1. The average Bonchev–Trinajstić information content (AvgIpc) is 2.33. The molecule has 0 aliphatic heterocycles. The summed E-state index contributed by atoms with van der Waals surface area (Å²) in [5.74, 6) is 1.55. The van der Waals surface area contributed by atoms with E-state index in [0.29, 0.717) is 0 Å². The lowest BCUT2D eigenvalue weighted by atomic mass is 10.2. The lowest BCUT2D eigenvalue weighted by Gasteiger charge is -2.05. The Morgan fingerprint density at radius 3 is 2.12 bits per heavy atom. The molecule has 0 spiro atoms. The Kier molecular flexibility index (Phi) is 3.28. The molecule has 0 amide bonds. The minimum Gasteiger partial charge on any atom is -0.457 e. The lowest BCUT2D eigenvalue weighted by Crippen LogP contribution is -1.85. The number of benzene rings is 2. The Labute approximate surface area is 93.7 Å². The van der Waals surface area contributed by atoms with Gasteiger partial charge in [-0.1, -0.05) is 35.5 Å². The van der Waals surface area contributed by atoms with E-state index < -0.39 is 0 Å². The Morgan fingerprint density at radius 1 is 0.875 bits per heavy atom. The molecular formula is C13H11NO2. The third-order valence-electron chi connectivity index (χ3n) is 2.15. The van der Waals surface area contributed by atoms with E-state index in [9.17, 15) is 4.91 Å². The van der Waals surface area contributed by atoms with Gasteiger partial charge >= 0.3 is 0 Å². The topological polar surface area (TPSA) is 38.7 Å². The van der Waals surface area contributed by atoms with E-state index in [0.717, 1.165) is 17.1 Å². The van der Waals surface area contributed by atoms with Gasteiger partial charge in [-0.2, -0.15) is 4.91 Å². The van der Waals surface area contributed by atoms with E-state index in [1.807, 2.05) is 54.6 Å². The Bertz CT molecular complexity index is 451. The highest BCUT2D eigenvalue weighted by molar-refractivity contribution is 5.32. The van der Waals surface area contributed by atoms with E-state index in [2.05, 4.69) is 5.18 Å². The maximum atomic E-state index is 10.1. The van der Waals surface area contributed by atoms with Crippen LogP contribution >= 0.6 is 0 Å². The van der Waals surface area contributed by atoms with E-state index >= 15 is 0 Å². The largest absolute Gasteiger partial charge is 0.457 e. The number of nitrogens with zero attached hydrogens (tertiary/aromatic N) is 1. The van der Waals surface area contributed by atoms with Gasteiger partial charge in [0.15, 0.2) is 0 Å².